The van der Waals surface area contributed by atoms with Crippen molar-refractivity contribution in [3.05, 3.63) is 35.4 Å². The van der Waals surface area contributed by atoms with E-state index in [4.69, 9.17) is 4.74 Å². The zero-order valence-electron chi connectivity index (χ0n) is 9.59. The molecule has 0 bridgehead atoms. The van der Waals surface area contributed by atoms with Gasteiger partial charge in [0.05, 0.1) is 6.10 Å². The molecule has 0 heterocycles. The molecule has 0 aliphatic carbocycles. The van der Waals surface area contributed by atoms with Gasteiger partial charge >= 0.3 is 0 Å². The molecule has 0 aromatic heterocycles. The molecule has 1 unspecified atom stereocenters. The summed E-state index contributed by atoms with van der Waals surface area (Å²) in [4.78, 5) is 0. The summed E-state index contributed by atoms with van der Waals surface area (Å²) >= 11 is 0. The second-order valence-electron chi connectivity index (χ2n) is 3.63. The molecule has 1 N–H and O–H groups in total. The summed E-state index contributed by atoms with van der Waals surface area (Å²) in [5, 5.41) is 3.02. The topological polar surface area (TPSA) is 21.3 Å². The van der Waals surface area contributed by atoms with Crippen molar-refractivity contribution in [1.29, 1.82) is 0 Å². The van der Waals surface area contributed by atoms with Crippen molar-refractivity contribution in [3.8, 4) is 0 Å². The Morgan fingerprint density at radius 2 is 2.12 bits per heavy atom. The number of hydrogen-bond donors (Lipinski definition) is 1. The first-order valence-electron chi connectivity index (χ1n) is 5.39. The van der Waals surface area contributed by atoms with Crippen molar-refractivity contribution < 1.29 is 13.5 Å². The maximum Gasteiger partial charge on any atom is 0.127 e. The van der Waals surface area contributed by atoms with E-state index in [-0.39, 0.29) is 6.10 Å². The minimum absolute atomic E-state index is 0.0709. The SMILES string of the molecule is CCOC(C)CNCc1cc(F)ccc1F. The van der Waals surface area contributed by atoms with Crippen LogP contribution in [0.4, 0.5) is 8.78 Å². The number of halogens is 2. The van der Waals surface area contributed by atoms with Gasteiger partial charge < -0.3 is 10.1 Å². The maximum atomic E-state index is 13.2. The lowest BCUT2D eigenvalue weighted by Crippen LogP contribution is -2.26. The third kappa shape index (κ3) is 4.24. The molecular formula is C12H17F2NO. The highest BCUT2D eigenvalue weighted by atomic mass is 19.1. The van der Waals surface area contributed by atoms with Gasteiger partial charge in [0.25, 0.3) is 0 Å². The molecule has 0 aliphatic heterocycles. The second-order valence-corrected chi connectivity index (χ2v) is 3.63. The van der Waals surface area contributed by atoms with Gasteiger partial charge in [0.1, 0.15) is 11.6 Å². The molecule has 0 saturated carbocycles. The van der Waals surface area contributed by atoms with Crippen LogP contribution in [0.15, 0.2) is 18.2 Å². The van der Waals surface area contributed by atoms with Gasteiger partial charge in [-0.15, -0.1) is 0 Å². The molecule has 0 spiro atoms. The van der Waals surface area contributed by atoms with Gasteiger partial charge in [-0.05, 0) is 32.0 Å². The smallest absolute Gasteiger partial charge is 0.127 e. The lowest BCUT2D eigenvalue weighted by atomic mass is 10.2. The lowest BCUT2D eigenvalue weighted by molar-refractivity contribution is 0.0759. The summed E-state index contributed by atoms with van der Waals surface area (Å²) in [7, 11) is 0. The zero-order chi connectivity index (χ0) is 12.0. The summed E-state index contributed by atoms with van der Waals surface area (Å²) in [6.07, 6.45) is 0.0709. The first kappa shape index (κ1) is 13.1. The largest absolute Gasteiger partial charge is 0.377 e. The number of nitrogens with one attached hydrogen (secondary N) is 1. The molecular weight excluding hydrogens is 212 g/mol. The minimum atomic E-state index is -0.420. The minimum Gasteiger partial charge on any atom is -0.377 e. The number of benzene rings is 1. The van der Waals surface area contributed by atoms with Crippen molar-refractivity contribution in [2.75, 3.05) is 13.2 Å². The number of ether oxygens (including phenoxy) is 1. The number of rotatable bonds is 6. The monoisotopic (exact) mass is 229 g/mol. The summed E-state index contributed by atoms with van der Waals surface area (Å²) in [5.41, 5.74) is 0.337. The van der Waals surface area contributed by atoms with Crippen molar-refractivity contribution in [3.63, 3.8) is 0 Å². The average Bonchev–Trinajstić information content (AvgIpc) is 2.23. The highest BCUT2D eigenvalue weighted by molar-refractivity contribution is 5.18. The van der Waals surface area contributed by atoms with Gasteiger partial charge in [-0.2, -0.15) is 0 Å². The van der Waals surface area contributed by atoms with Crippen molar-refractivity contribution in [2.24, 2.45) is 0 Å². The van der Waals surface area contributed by atoms with E-state index in [1.54, 1.807) is 0 Å². The summed E-state index contributed by atoms with van der Waals surface area (Å²) in [6.45, 7) is 5.42. The van der Waals surface area contributed by atoms with Gasteiger partial charge in [-0.1, -0.05) is 0 Å². The standard InChI is InChI=1S/C12H17F2NO/c1-3-16-9(2)7-15-8-10-6-11(13)4-5-12(10)14/h4-6,9,15H,3,7-8H2,1-2H3. The third-order valence-corrected chi connectivity index (χ3v) is 2.21. The first-order chi connectivity index (χ1) is 7.63. The molecule has 90 valence electrons. The van der Waals surface area contributed by atoms with E-state index >= 15 is 0 Å². The fourth-order valence-corrected chi connectivity index (χ4v) is 1.43. The summed E-state index contributed by atoms with van der Waals surface area (Å²) in [6, 6.07) is 3.45. The van der Waals surface area contributed by atoms with Crippen LogP contribution in [0, 0.1) is 11.6 Å². The molecule has 1 atom stereocenters. The molecule has 16 heavy (non-hydrogen) atoms. The normalized spacial score (nSPS) is 12.8. The Balaban J connectivity index is 2.39. The fourth-order valence-electron chi connectivity index (χ4n) is 1.43. The van der Waals surface area contributed by atoms with Crippen molar-refractivity contribution in [1.82, 2.24) is 5.32 Å². The fraction of sp³-hybridized carbons (Fsp3) is 0.500. The van der Waals surface area contributed by atoms with Crippen LogP contribution in [0.5, 0.6) is 0 Å². The van der Waals surface area contributed by atoms with E-state index in [9.17, 15) is 8.78 Å². The van der Waals surface area contributed by atoms with E-state index in [0.29, 0.717) is 25.3 Å². The first-order valence-corrected chi connectivity index (χ1v) is 5.39. The Labute approximate surface area is 94.6 Å². The predicted octanol–water partition coefficient (Wildman–Crippen LogP) is 2.48. The Hall–Kier alpha value is -1.00. The van der Waals surface area contributed by atoms with Crippen LogP contribution < -0.4 is 5.32 Å². The Kier molecular flexibility index (Phi) is 5.35. The summed E-state index contributed by atoms with van der Waals surface area (Å²) in [5.74, 6) is -0.811. The van der Waals surface area contributed by atoms with Crippen molar-refractivity contribution >= 4 is 0 Å². The van der Waals surface area contributed by atoms with E-state index < -0.39 is 11.6 Å². The van der Waals surface area contributed by atoms with E-state index in [1.165, 1.54) is 6.07 Å². The van der Waals surface area contributed by atoms with E-state index in [0.717, 1.165) is 12.1 Å². The highest BCUT2D eigenvalue weighted by Gasteiger charge is 2.05. The predicted molar refractivity (Wildman–Crippen MR) is 59.2 cm³/mol. The van der Waals surface area contributed by atoms with Crippen LogP contribution in [-0.2, 0) is 11.3 Å². The summed E-state index contributed by atoms with van der Waals surface area (Å²) < 4.78 is 31.3. The van der Waals surface area contributed by atoms with E-state index in [2.05, 4.69) is 5.32 Å². The van der Waals surface area contributed by atoms with Gasteiger partial charge in [0, 0.05) is 25.3 Å². The quantitative estimate of drug-likeness (QED) is 0.809. The van der Waals surface area contributed by atoms with Crippen LogP contribution in [0.2, 0.25) is 0 Å². The molecule has 0 radical (unpaired) electrons. The van der Waals surface area contributed by atoms with Crippen LogP contribution >= 0.6 is 0 Å². The van der Waals surface area contributed by atoms with Crippen LogP contribution in [0.3, 0.4) is 0 Å². The molecule has 4 heteroatoms. The van der Waals surface area contributed by atoms with Crippen molar-refractivity contribution in [2.45, 2.75) is 26.5 Å². The van der Waals surface area contributed by atoms with Gasteiger partial charge in [-0.3, -0.25) is 0 Å². The van der Waals surface area contributed by atoms with Gasteiger partial charge in [0.2, 0.25) is 0 Å². The Bertz CT molecular complexity index is 331. The molecule has 0 aliphatic rings. The van der Waals surface area contributed by atoms with Crippen LogP contribution in [0.25, 0.3) is 0 Å². The molecule has 2 nitrogen and oxygen atoms in total. The average molecular weight is 229 g/mol. The van der Waals surface area contributed by atoms with Gasteiger partial charge in [-0.25, -0.2) is 8.78 Å². The molecule has 0 saturated heterocycles. The van der Waals surface area contributed by atoms with E-state index in [1.807, 2.05) is 13.8 Å². The molecule has 0 fully saturated rings. The Morgan fingerprint density at radius 3 is 2.81 bits per heavy atom. The van der Waals surface area contributed by atoms with Crippen LogP contribution in [0.1, 0.15) is 19.4 Å². The van der Waals surface area contributed by atoms with Crippen LogP contribution in [-0.4, -0.2) is 19.3 Å². The zero-order valence-corrected chi connectivity index (χ0v) is 9.59. The third-order valence-electron chi connectivity index (χ3n) is 2.21. The number of hydrogen-bond acceptors (Lipinski definition) is 2. The highest BCUT2D eigenvalue weighted by Crippen LogP contribution is 2.09. The molecule has 1 aromatic carbocycles. The second kappa shape index (κ2) is 6.55. The molecule has 1 aromatic rings. The molecule has 0 amide bonds. The maximum absolute atomic E-state index is 13.2. The Morgan fingerprint density at radius 1 is 1.38 bits per heavy atom. The van der Waals surface area contributed by atoms with Gasteiger partial charge in [0.15, 0.2) is 0 Å². The lowest BCUT2D eigenvalue weighted by Gasteiger charge is -2.12. The molecule has 1 rings (SSSR count).